The molecule has 1 N–H and O–H groups in total. The van der Waals surface area contributed by atoms with Crippen LogP contribution in [0, 0.1) is 13.8 Å². The van der Waals surface area contributed by atoms with Crippen LogP contribution in [0.4, 0.5) is 10.9 Å². The van der Waals surface area contributed by atoms with E-state index in [0.29, 0.717) is 44.1 Å². The third-order valence-electron chi connectivity index (χ3n) is 6.08. The maximum atomic E-state index is 13.4. The summed E-state index contributed by atoms with van der Waals surface area (Å²) in [5.74, 6) is 1.11. The number of aromatic nitrogens is 5. The number of rotatable bonds is 6. The van der Waals surface area contributed by atoms with Gasteiger partial charge < -0.3 is 10.2 Å². The standard InChI is InChI=1S/C23H26N8O3S2/c1-15-19(13-18-7-5-4-6-8-18)20(31-22(26-15)24-14-25-31)29-9-11-30(12-10-29)36(33,34)21-16(2)27-23(35-21)28-17(3)32/h4-8,14H,9-13H2,1-3H3,(H,27,28,32). The molecule has 1 amide bonds. The first-order chi connectivity index (χ1) is 17.2. The third-order valence-corrected chi connectivity index (χ3v) is 9.64. The average Bonchev–Trinajstić information content (AvgIpc) is 3.46. The van der Waals surface area contributed by atoms with Crippen LogP contribution in [-0.4, -0.2) is 69.4 Å². The molecule has 1 aliphatic rings. The fraction of sp³-hybridized carbons (Fsp3) is 0.348. The highest BCUT2D eigenvalue weighted by Gasteiger charge is 2.33. The molecule has 0 spiro atoms. The summed E-state index contributed by atoms with van der Waals surface area (Å²) in [6, 6.07) is 10.2. The van der Waals surface area contributed by atoms with Gasteiger partial charge in [-0.15, -0.1) is 0 Å². The number of hydrogen-bond acceptors (Lipinski definition) is 9. The first-order valence-electron chi connectivity index (χ1n) is 11.5. The molecule has 1 saturated heterocycles. The monoisotopic (exact) mass is 526 g/mol. The molecule has 11 nitrogen and oxygen atoms in total. The summed E-state index contributed by atoms with van der Waals surface area (Å²) in [5.41, 5.74) is 3.44. The van der Waals surface area contributed by atoms with Crippen molar-refractivity contribution >= 4 is 44.0 Å². The van der Waals surface area contributed by atoms with Crippen LogP contribution >= 0.6 is 11.3 Å². The van der Waals surface area contributed by atoms with Gasteiger partial charge in [0.2, 0.25) is 5.91 Å². The van der Waals surface area contributed by atoms with E-state index in [9.17, 15) is 13.2 Å². The Balaban J connectivity index is 1.42. The Labute approximate surface area is 212 Å². The highest BCUT2D eigenvalue weighted by Crippen LogP contribution is 2.32. The lowest BCUT2D eigenvalue weighted by atomic mass is 10.0. The molecule has 1 fully saturated rings. The lowest BCUT2D eigenvalue weighted by Gasteiger charge is -2.36. The number of benzene rings is 1. The molecular weight excluding hydrogens is 500 g/mol. The van der Waals surface area contributed by atoms with E-state index < -0.39 is 10.0 Å². The summed E-state index contributed by atoms with van der Waals surface area (Å²) in [6.45, 7) is 6.54. The van der Waals surface area contributed by atoms with Gasteiger partial charge in [-0.05, 0) is 19.4 Å². The van der Waals surface area contributed by atoms with Crippen molar-refractivity contribution in [3.05, 3.63) is 59.2 Å². The number of fused-ring (bicyclic) bond motifs is 1. The van der Waals surface area contributed by atoms with E-state index in [0.717, 1.165) is 34.0 Å². The van der Waals surface area contributed by atoms with Crippen molar-refractivity contribution in [2.45, 2.75) is 31.4 Å². The van der Waals surface area contributed by atoms with Gasteiger partial charge in [0.15, 0.2) is 9.34 Å². The first-order valence-corrected chi connectivity index (χ1v) is 13.7. The smallest absolute Gasteiger partial charge is 0.254 e. The van der Waals surface area contributed by atoms with Crippen LogP contribution in [0.1, 0.15) is 29.4 Å². The Morgan fingerprint density at radius 3 is 2.47 bits per heavy atom. The number of nitrogens with zero attached hydrogens (tertiary/aromatic N) is 7. The number of amides is 1. The number of hydrogen-bond donors (Lipinski definition) is 1. The maximum absolute atomic E-state index is 13.4. The van der Waals surface area contributed by atoms with Crippen LogP contribution in [0.3, 0.4) is 0 Å². The minimum absolute atomic E-state index is 0.155. The molecule has 0 bridgehead atoms. The van der Waals surface area contributed by atoms with Crippen molar-refractivity contribution in [2.75, 3.05) is 36.4 Å². The number of nitrogens with one attached hydrogen (secondary N) is 1. The molecule has 36 heavy (non-hydrogen) atoms. The number of piperazine rings is 1. The van der Waals surface area contributed by atoms with Crippen molar-refractivity contribution < 1.29 is 13.2 Å². The number of sulfonamides is 1. The molecule has 13 heteroatoms. The van der Waals surface area contributed by atoms with Gasteiger partial charge in [-0.3, -0.25) is 4.79 Å². The lowest BCUT2D eigenvalue weighted by molar-refractivity contribution is -0.114. The van der Waals surface area contributed by atoms with E-state index in [1.54, 1.807) is 11.4 Å². The summed E-state index contributed by atoms with van der Waals surface area (Å²) < 4.78 is 30.2. The van der Waals surface area contributed by atoms with Crippen LogP contribution in [-0.2, 0) is 21.2 Å². The molecule has 3 aromatic heterocycles. The minimum Gasteiger partial charge on any atom is -0.354 e. The Kier molecular flexibility index (Phi) is 6.45. The number of thiazole rings is 1. The predicted octanol–water partition coefficient (Wildman–Crippen LogP) is 2.26. The molecule has 0 unspecified atom stereocenters. The van der Waals surface area contributed by atoms with Gasteiger partial charge in [0.05, 0.1) is 5.69 Å². The Hall–Kier alpha value is -3.42. The largest absolute Gasteiger partial charge is 0.354 e. The molecule has 4 aromatic rings. The predicted molar refractivity (Wildman–Crippen MR) is 137 cm³/mol. The van der Waals surface area contributed by atoms with Crippen molar-refractivity contribution in [2.24, 2.45) is 0 Å². The van der Waals surface area contributed by atoms with Gasteiger partial charge in [0.1, 0.15) is 12.1 Å². The molecule has 1 aromatic carbocycles. The van der Waals surface area contributed by atoms with Crippen LogP contribution < -0.4 is 10.2 Å². The molecule has 188 valence electrons. The Bertz CT molecular complexity index is 1520. The molecular formula is C23H26N8O3S2. The average molecular weight is 527 g/mol. The summed E-state index contributed by atoms with van der Waals surface area (Å²) in [6.07, 6.45) is 2.16. The van der Waals surface area contributed by atoms with Crippen LogP contribution in [0.5, 0.6) is 0 Å². The van der Waals surface area contributed by atoms with Crippen molar-refractivity contribution in [1.29, 1.82) is 0 Å². The molecule has 0 saturated carbocycles. The van der Waals surface area contributed by atoms with Gasteiger partial charge in [-0.25, -0.2) is 18.4 Å². The second kappa shape index (κ2) is 9.56. The zero-order chi connectivity index (χ0) is 25.4. The highest BCUT2D eigenvalue weighted by molar-refractivity contribution is 7.91. The van der Waals surface area contributed by atoms with E-state index >= 15 is 0 Å². The fourth-order valence-electron chi connectivity index (χ4n) is 4.38. The first kappa shape index (κ1) is 24.3. The van der Waals surface area contributed by atoms with Gasteiger partial charge in [-0.2, -0.15) is 18.9 Å². The topological polar surface area (TPSA) is 126 Å². The van der Waals surface area contributed by atoms with Crippen molar-refractivity contribution in [3.8, 4) is 0 Å². The molecule has 4 heterocycles. The van der Waals surface area contributed by atoms with Gasteiger partial charge in [0.25, 0.3) is 15.8 Å². The SMILES string of the molecule is CC(=O)Nc1nc(C)c(S(=O)(=O)N2CCN(c3c(Cc4ccccc4)c(C)nc4ncnn34)CC2)s1. The lowest BCUT2D eigenvalue weighted by Crippen LogP contribution is -2.49. The van der Waals surface area contributed by atoms with Crippen molar-refractivity contribution in [1.82, 2.24) is 28.9 Å². The van der Waals surface area contributed by atoms with E-state index in [1.807, 2.05) is 25.1 Å². The summed E-state index contributed by atoms with van der Waals surface area (Å²) >= 11 is 0.977. The zero-order valence-corrected chi connectivity index (χ0v) is 21.8. The van der Waals surface area contributed by atoms with E-state index in [-0.39, 0.29) is 15.2 Å². The third kappa shape index (κ3) is 4.56. The van der Waals surface area contributed by atoms with Gasteiger partial charge in [-0.1, -0.05) is 41.7 Å². The van der Waals surface area contributed by atoms with E-state index in [2.05, 4.69) is 42.4 Å². The number of aryl methyl sites for hydroxylation is 2. The summed E-state index contributed by atoms with van der Waals surface area (Å²) in [4.78, 5) is 26.7. The molecule has 0 radical (unpaired) electrons. The molecule has 0 aliphatic carbocycles. The number of anilines is 2. The van der Waals surface area contributed by atoms with Gasteiger partial charge >= 0.3 is 0 Å². The second-order valence-electron chi connectivity index (χ2n) is 8.60. The van der Waals surface area contributed by atoms with E-state index in [4.69, 9.17) is 0 Å². The van der Waals surface area contributed by atoms with Crippen LogP contribution in [0.15, 0.2) is 40.9 Å². The van der Waals surface area contributed by atoms with E-state index in [1.165, 1.54) is 17.6 Å². The quantitative estimate of drug-likeness (QED) is 0.406. The van der Waals surface area contributed by atoms with Crippen LogP contribution in [0.2, 0.25) is 0 Å². The highest BCUT2D eigenvalue weighted by atomic mass is 32.2. The summed E-state index contributed by atoms with van der Waals surface area (Å²) in [7, 11) is -3.75. The maximum Gasteiger partial charge on any atom is 0.254 e. The molecule has 1 aliphatic heterocycles. The minimum atomic E-state index is -3.75. The van der Waals surface area contributed by atoms with Crippen molar-refractivity contribution in [3.63, 3.8) is 0 Å². The molecule has 0 atom stereocenters. The fourth-order valence-corrected chi connectivity index (χ4v) is 7.40. The normalized spacial score (nSPS) is 14.9. The number of carbonyl (C=O) groups is 1. The van der Waals surface area contributed by atoms with Gasteiger partial charge in [0, 0.05) is 50.8 Å². The number of carbonyl (C=O) groups excluding carboxylic acids is 1. The second-order valence-corrected chi connectivity index (χ2v) is 11.7. The van der Waals surface area contributed by atoms with Crippen LogP contribution in [0.25, 0.3) is 5.78 Å². The molecule has 5 rings (SSSR count). The Morgan fingerprint density at radius 1 is 1.06 bits per heavy atom. The summed E-state index contributed by atoms with van der Waals surface area (Å²) in [5, 5.41) is 7.27. The Morgan fingerprint density at radius 2 is 1.78 bits per heavy atom. The zero-order valence-electron chi connectivity index (χ0n) is 20.2.